The molecule has 0 aliphatic heterocycles. The monoisotopic (exact) mass is 494 g/mol. The van der Waals surface area contributed by atoms with Gasteiger partial charge in [0.25, 0.3) is 5.91 Å². The molecule has 0 unspecified atom stereocenters. The Morgan fingerprint density at radius 2 is 1.69 bits per heavy atom. The fraction of sp³-hybridized carbons (Fsp3) is 0.167. The van der Waals surface area contributed by atoms with E-state index in [2.05, 4.69) is 30.8 Å². The van der Waals surface area contributed by atoms with Crippen LogP contribution < -0.4 is 24.8 Å². The summed E-state index contributed by atoms with van der Waals surface area (Å²) in [7, 11) is 4.62. The van der Waals surface area contributed by atoms with E-state index >= 15 is 0 Å². The number of benzene rings is 2. The molecule has 2 aromatic heterocycles. The summed E-state index contributed by atoms with van der Waals surface area (Å²) in [6, 6.07) is 13.6. The second-order valence-corrected chi connectivity index (χ2v) is 7.82. The average Bonchev–Trinajstić information content (AvgIpc) is 3.27. The Bertz CT molecular complexity index is 1370. The number of ether oxygens (including phenoxy) is 3. The molecule has 0 aliphatic rings. The van der Waals surface area contributed by atoms with Crippen LogP contribution in [0.3, 0.4) is 0 Å². The van der Waals surface area contributed by atoms with Gasteiger partial charge in [-0.1, -0.05) is 17.7 Å². The van der Waals surface area contributed by atoms with Crippen LogP contribution in [0.1, 0.15) is 16.1 Å². The molecule has 2 heterocycles. The number of hydrogen-bond donors (Lipinski definition) is 3. The summed E-state index contributed by atoms with van der Waals surface area (Å²) < 4.78 is 16.4. The molecule has 0 atom stereocenters. The molecule has 0 fully saturated rings. The number of nitrogens with one attached hydrogen (secondary N) is 3. The van der Waals surface area contributed by atoms with Crippen LogP contribution in [-0.2, 0) is 0 Å². The van der Waals surface area contributed by atoms with Crippen LogP contribution in [-0.4, -0.2) is 47.4 Å². The Balaban J connectivity index is 1.79. The average molecular weight is 495 g/mol. The van der Waals surface area contributed by atoms with E-state index in [0.29, 0.717) is 50.7 Å². The van der Waals surface area contributed by atoms with E-state index in [-0.39, 0.29) is 5.95 Å². The van der Waals surface area contributed by atoms with Gasteiger partial charge in [0.15, 0.2) is 11.5 Å². The van der Waals surface area contributed by atoms with Crippen LogP contribution in [0.15, 0.2) is 48.5 Å². The van der Waals surface area contributed by atoms with Crippen molar-refractivity contribution in [3.63, 3.8) is 0 Å². The van der Waals surface area contributed by atoms with Crippen molar-refractivity contribution in [1.29, 1.82) is 0 Å². The lowest BCUT2D eigenvalue weighted by atomic mass is 10.1. The highest BCUT2D eigenvalue weighted by Gasteiger charge is 2.18. The summed E-state index contributed by atoms with van der Waals surface area (Å²) in [6.45, 7) is 1.86. The quantitative estimate of drug-likeness (QED) is 0.317. The highest BCUT2D eigenvalue weighted by Crippen LogP contribution is 2.40. The van der Waals surface area contributed by atoms with Crippen LogP contribution in [0.25, 0.3) is 11.3 Å². The third kappa shape index (κ3) is 5.44. The number of carbonyl (C=O) groups excluding carboxylic acids is 1. The maximum Gasteiger partial charge on any atom is 0.258 e. The van der Waals surface area contributed by atoms with Crippen LogP contribution in [0.5, 0.6) is 17.2 Å². The molecule has 4 aromatic rings. The SMILES string of the molecule is COc1cc(OC)c(-c2cc(Nc3cc(C)n[nH]3)nc(NC(=O)c3cccc(Cl)c3)n2)cc1OC. The number of aromatic nitrogens is 4. The molecule has 180 valence electrons. The standard InChI is InChI=1S/C24H23ClN6O4/c1-13-8-22(31-30-13)27-21-11-17(16-10-19(34-3)20(35-4)12-18(16)33-2)26-24(28-21)29-23(32)14-6-5-7-15(25)9-14/h5-12H,1-4H3,(H3,26,27,28,29,30,31,32). The summed E-state index contributed by atoms with van der Waals surface area (Å²) in [5, 5.41) is 13.3. The number of carbonyl (C=O) groups is 1. The molecule has 10 nitrogen and oxygen atoms in total. The normalized spacial score (nSPS) is 10.5. The number of hydrogen-bond acceptors (Lipinski definition) is 8. The summed E-state index contributed by atoms with van der Waals surface area (Å²) in [4.78, 5) is 21.9. The second kappa shape index (κ2) is 10.3. The van der Waals surface area contributed by atoms with Gasteiger partial charge in [-0.15, -0.1) is 0 Å². The zero-order valence-electron chi connectivity index (χ0n) is 19.5. The predicted molar refractivity (Wildman–Crippen MR) is 133 cm³/mol. The fourth-order valence-corrected chi connectivity index (χ4v) is 3.55. The van der Waals surface area contributed by atoms with Gasteiger partial charge in [-0.05, 0) is 31.2 Å². The molecule has 35 heavy (non-hydrogen) atoms. The topological polar surface area (TPSA) is 123 Å². The van der Waals surface area contributed by atoms with Crippen LogP contribution in [0, 0.1) is 6.92 Å². The molecule has 3 N–H and O–H groups in total. The Kier molecular flexibility index (Phi) is 7.02. The van der Waals surface area contributed by atoms with E-state index in [1.54, 1.807) is 56.7 Å². The minimum Gasteiger partial charge on any atom is -0.496 e. The van der Waals surface area contributed by atoms with Gasteiger partial charge in [-0.25, -0.2) is 4.98 Å². The molecule has 0 aliphatic carbocycles. The third-order valence-corrected chi connectivity index (χ3v) is 5.22. The maximum atomic E-state index is 12.8. The molecule has 0 radical (unpaired) electrons. The Morgan fingerprint density at radius 3 is 2.34 bits per heavy atom. The number of rotatable bonds is 8. The number of H-pyrrole nitrogens is 1. The lowest BCUT2D eigenvalue weighted by Crippen LogP contribution is -2.15. The van der Waals surface area contributed by atoms with E-state index in [1.807, 2.05) is 13.0 Å². The number of aryl methyl sites for hydroxylation is 1. The van der Waals surface area contributed by atoms with Crippen molar-refractivity contribution in [3.05, 3.63) is 64.8 Å². The fourth-order valence-electron chi connectivity index (χ4n) is 3.36. The molecule has 0 saturated carbocycles. The molecule has 0 spiro atoms. The van der Waals surface area contributed by atoms with Gasteiger partial charge in [0.1, 0.15) is 17.4 Å². The maximum absolute atomic E-state index is 12.8. The van der Waals surface area contributed by atoms with E-state index < -0.39 is 5.91 Å². The molecule has 4 rings (SSSR count). The van der Waals surface area contributed by atoms with Gasteiger partial charge in [0.05, 0.1) is 32.7 Å². The van der Waals surface area contributed by atoms with Crippen LogP contribution in [0.4, 0.5) is 17.6 Å². The number of nitrogens with zero attached hydrogens (tertiary/aromatic N) is 3. The van der Waals surface area contributed by atoms with Gasteiger partial charge in [-0.2, -0.15) is 10.1 Å². The van der Waals surface area contributed by atoms with Crippen molar-refractivity contribution in [1.82, 2.24) is 20.2 Å². The lowest BCUT2D eigenvalue weighted by molar-refractivity contribution is 0.102. The first-order valence-corrected chi connectivity index (χ1v) is 10.8. The zero-order chi connectivity index (χ0) is 24.9. The van der Waals surface area contributed by atoms with E-state index in [1.165, 1.54) is 7.11 Å². The predicted octanol–water partition coefficient (Wildman–Crippen LogP) is 4.85. The third-order valence-electron chi connectivity index (χ3n) is 4.99. The summed E-state index contributed by atoms with van der Waals surface area (Å²) in [5.74, 6) is 2.19. The minimum absolute atomic E-state index is 0.0723. The Morgan fingerprint density at radius 1 is 0.943 bits per heavy atom. The molecule has 2 aromatic carbocycles. The Hall–Kier alpha value is -4.31. The second-order valence-electron chi connectivity index (χ2n) is 7.38. The van der Waals surface area contributed by atoms with Crippen molar-refractivity contribution < 1.29 is 19.0 Å². The van der Waals surface area contributed by atoms with Gasteiger partial charge in [0, 0.05) is 34.3 Å². The van der Waals surface area contributed by atoms with E-state index in [9.17, 15) is 4.79 Å². The smallest absolute Gasteiger partial charge is 0.258 e. The van der Waals surface area contributed by atoms with Gasteiger partial charge in [-0.3, -0.25) is 15.2 Å². The van der Waals surface area contributed by atoms with Crippen molar-refractivity contribution in [2.24, 2.45) is 0 Å². The minimum atomic E-state index is -0.410. The van der Waals surface area contributed by atoms with Crippen molar-refractivity contribution in [2.75, 3.05) is 32.0 Å². The lowest BCUT2D eigenvalue weighted by Gasteiger charge is -2.15. The largest absolute Gasteiger partial charge is 0.496 e. The van der Waals surface area contributed by atoms with Crippen LogP contribution >= 0.6 is 11.6 Å². The molecule has 0 saturated heterocycles. The Labute approximate surface area is 206 Å². The highest BCUT2D eigenvalue weighted by molar-refractivity contribution is 6.31. The number of methoxy groups -OCH3 is 3. The summed E-state index contributed by atoms with van der Waals surface area (Å²) in [6.07, 6.45) is 0. The van der Waals surface area contributed by atoms with E-state index in [0.717, 1.165) is 5.69 Å². The molecule has 1 amide bonds. The first-order chi connectivity index (χ1) is 16.9. The number of halogens is 1. The van der Waals surface area contributed by atoms with Crippen molar-refractivity contribution in [2.45, 2.75) is 6.92 Å². The van der Waals surface area contributed by atoms with Gasteiger partial charge < -0.3 is 19.5 Å². The first-order valence-electron chi connectivity index (χ1n) is 10.5. The van der Waals surface area contributed by atoms with Gasteiger partial charge >= 0.3 is 0 Å². The first kappa shape index (κ1) is 23.8. The number of amides is 1. The van der Waals surface area contributed by atoms with Crippen molar-refractivity contribution >= 4 is 35.1 Å². The molecule has 0 bridgehead atoms. The van der Waals surface area contributed by atoms with Gasteiger partial charge in [0.2, 0.25) is 5.95 Å². The molecular formula is C24H23ClN6O4. The van der Waals surface area contributed by atoms with Crippen molar-refractivity contribution in [3.8, 4) is 28.5 Å². The molecular weight excluding hydrogens is 472 g/mol. The summed E-state index contributed by atoms with van der Waals surface area (Å²) in [5.41, 5.74) is 2.25. The summed E-state index contributed by atoms with van der Waals surface area (Å²) >= 11 is 6.03. The molecule has 11 heteroatoms. The number of aromatic amines is 1. The highest BCUT2D eigenvalue weighted by atomic mass is 35.5. The van der Waals surface area contributed by atoms with E-state index in [4.69, 9.17) is 25.8 Å². The number of anilines is 3. The van der Waals surface area contributed by atoms with Crippen LogP contribution in [0.2, 0.25) is 5.02 Å². The zero-order valence-corrected chi connectivity index (χ0v) is 20.2.